The quantitative estimate of drug-likeness (QED) is 0.898. The van der Waals surface area contributed by atoms with Crippen molar-refractivity contribution >= 4 is 23.4 Å². The molecule has 1 aromatic heterocycles. The fourth-order valence-electron chi connectivity index (χ4n) is 3.07. The molecule has 0 unspecified atom stereocenters. The summed E-state index contributed by atoms with van der Waals surface area (Å²) < 4.78 is 1.88. The minimum atomic E-state index is 0.0701. The van der Waals surface area contributed by atoms with E-state index in [1.54, 1.807) is 11.8 Å². The molecule has 1 amide bonds. The number of nitrogens with zero attached hydrogens (tertiary/aromatic N) is 2. The van der Waals surface area contributed by atoms with Crippen LogP contribution >= 0.6 is 11.8 Å². The molecule has 2 aromatic rings. The highest BCUT2D eigenvalue weighted by Crippen LogP contribution is 2.29. The van der Waals surface area contributed by atoms with Crippen LogP contribution in [0.25, 0.3) is 5.69 Å². The highest BCUT2D eigenvalue weighted by molar-refractivity contribution is 8.00. The standard InChI is InChI=1S/C18H23N3OS/c1-13-18(19-17(22)12-23-16-10-6-7-11-16)14(2)21(20-13)15-8-4-3-5-9-15/h3-5,8-9,16H,6-7,10-12H2,1-2H3,(H,19,22). The van der Waals surface area contributed by atoms with E-state index in [4.69, 9.17) is 0 Å². The Balaban J connectivity index is 1.68. The maximum atomic E-state index is 12.3. The van der Waals surface area contributed by atoms with Crippen molar-refractivity contribution in [1.29, 1.82) is 0 Å². The Hall–Kier alpha value is -1.75. The molecule has 0 bridgehead atoms. The summed E-state index contributed by atoms with van der Waals surface area (Å²) in [7, 11) is 0. The topological polar surface area (TPSA) is 46.9 Å². The number of hydrogen-bond acceptors (Lipinski definition) is 3. The molecule has 0 aliphatic heterocycles. The summed E-state index contributed by atoms with van der Waals surface area (Å²) in [5.74, 6) is 0.598. The number of aryl methyl sites for hydroxylation is 1. The first-order valence-electron chi connectivity index (χ1n) is 8.18. The van der Waals surface area contributed by atoms with Gasteiger partial charge in [0, 0.05) is 5.25 Å². The summed E-state index contributed by atoms with van der Waals surface area (Å²) in [6, 6.07) is 9.99. The van der Waals surface area contributed by atoms with E-state index in [1.165, 1.54) is 25.7 Å². The van der Waals surface area contributed by atoms with Gasteiger partial charge < -0.3 is 5.32 Å². The van der Waals surface area contributed by atoms with Crippen LogP contribution < -0.4 is 5.32 Å². The van der Waals surface area contributed by atoms with Gasteiger partial charge in [0.2, 0.25) is 5.91 Å². The van der Waals surface area contributed by atoms with Gasteiger partial charge in [-0.25, -0.2) is 4.68 Å². The van der Waals surface area contributed by atoms with Crippen molar-refractivity contribution in [2.24, 2.45) is 0 Å². The number of carbonyl (C=O) groups is 1. The van der Waals surface area contributed by atoms with Crippen molar-refractivity contribution in [1.82, 2.24) is 9.78 Å². The second-order valence-corrected chi connectivity index (χ2v) is 7.35. The molecule has 1 heterocycles. The van der Waals surface area contributed by atoms with Crippen molar-refractivity contribution in [3.05, 3.63) is 41.7 Å². The van der Waals surface area contributed by atoms with Crippen LogP contribution in [0.15, 0.2) is 30.3 Å². The summed E-state index contributed by atoms with van der Waals surface area (Å²) in [4.78, 5) is 12.3. The predicted octanol–water partition coefficient (Wildman–Crippen LogP) is 4.10. The average molecular weight is 329 g/mol. The second kappa shape index (κ2) is 7.21. The third-order valence-electron chi connectivity index (χ3n) is 4.31. The van der Waals surface area contributed by atoms with Gasteiger partial charge in [-0.1, -0.05) is 31.0 Å². The first kappa shape index (κ1) is 16.1. The van der Waals surface area contributed by atoms with Gasteiger partial charge in [-0.2, -0.15) is 5.10 Å². The Morgan fingerprint density at radius 2 is 1.96 bits per heavy atom. The van der Waals surface area contributed by atoms with Crippen LogP contribution in [0.3, 0.4) is 0 Å². The van der Waals surface area contributed by atoms with E-state index in [-0.39, 0.29) is 5.91 Å². The van der Waals surface area contributed by atoms with Gasteiger partial charge in [-0.15, -0.1) is 11.8 Å². The van der Waals surface area contributed by atoms with Crippen molar-refractivity contribution in [2.75, 3.05) is 11.1 Å². The van der Waals surface area contributed by atoms with Gasteiger partial charge in [0.25, 0.3) is 0 Å². The first-order valence-corrected chi connectivity index (χ1v) is 9.23. The molecule has 0 spiro atoms. The number of benzene rings is 1. The fourth-order valence-corrected chi connectivity index (χ4v) is 4.19. The maximum absolute atomic E-state index is 12.3. The van der Waals surface area contributed by atoms with Gasteiger partial charge in [-0.05, 0) is 38.8 Å². The van der Waals surface area contributed by atoms with E-state index in [0.29, 0.717) is 11.0 Å². The number of rotatable bonds is 5. The number of thioether (sulfide) groups is 1. The number of aromatic nitrogens is 2. The largest absolute Gasteiger partial charge is 0.322 e. The molecule has 1 aromatic carbocycles. The zero-order valence-corrected chi connectivity index (χ0v) is 14.5. The minimum Gasteiger partial charge on any atom is -0.322 e. The second-order valence-electron chi connectivity index (χ2n) is 6.06. The van der Waals surface area contributed by atoms with E-state index in [1.807, 2.05) is 48.9 Å². The lowest BCUT2D eigenvalue weighted by Gasteiger charge is -2.10. The number of carbonyl (C=O) groups excluding carboxylic acids is 1. The number of hydrogen-bond donors (Lipinski definition) is 1. The summed E-state index contributed by atoms with van der Waals surface area (Å²) in [5, 5.41) is 8.28. The smallest absolute Gasteiger partial charge is 0.234 e. The minimum absolute atomic E-state index is 0.0701. The Morgan fingerprint density at radius 1 is 1.26 bits per heavy atom. The molecule has 0 atom stereocenters. The third kappa shape index (κ3) is 3.78. The number of anilines is 1. The molecule has 5 heteroatoms. The van der Waals surface area contributed by atoms with Crippen LogP contribution in [0.2, 0.25) is 0 Å². The molecular formula is C18H23N3OS. The van der Waals surface area contributed by atoms with Crippen molar-refractivity contribution in [2.45, 2.75) is 44.8 Å². The van der Waals surface area contributed by atoms with Crippen molar-refractivity contribution in [3.63, 3.8) is 0 Å². The molecule has 23 heavy (non-hydrogen) atoms. The predicted molar refractivity (Wildman–Crippen MR) is 96.4 cm³/mol. The molecule has 1 saturated carbocycles. The van der Waals surface area contributed by atoms with Crippen molar-refractivity contribution < 1.29 is 4.79 Å². The Labute approximate surface area is 141 Å². The van der Waals surface area contributed by atoms with Crippen LogP contribution in [0, 0.1) is 13.8 Å². The van der Waals surface area contributed by atoms with Gasteiger partial charge in [-0.3, -0.25) is 4.79 Å². The zero-order valence-electron chi connectivity index (χ0n) is 13.7. The van der Waals surface area contributed by atoms with Crippen LogP contribution in [-0.4, -0.2) is 26.7 Å². The lowest BCUT2D eigenvalue weighted by Crippen LogP contribution is -2.16. The van der Waals surface area contributed by atoms with E-state index < -0.39 is 0 Å². The van der Waals surface area contributed by atoms with Crippen LogP contribution in [0.1, 0.15) is 37.1 Å². The summed E-state index contributed by atoms with van der Waals surface area (Å²) in [6.45, 7) is 3.93. The van der Waals surface area contributed by atoms with E-state index >= 15 is 0 Å². The first-order chi connectivity index (χ1) is 11.1. The Bertz CT molecular complexity index is 675. The summed E-state index contributed by atoms with van der Waals surface area (Å²) in [6.07, 6.45) is 5.12. The van der Waals surface area contributed by atoms with E-state index in [9.17, 15) is 4.79 Å². The molecule has 1 N–H and O–H groups in total. The highest BCUT2D eigenvalue weighted by Gasteiger charge is 2.19. The molecule has 1 aliphatic rings. The van der Waals surface area contributed by atoms with Gasteiger partial charge in [0.15, 0.2) is 0 Å². The zero-order chi connectivity index (χ0) is 16.2. The average Bonchev–Trinajstić information content (AvgIpc) is 3.17. The SMILES string of the molecule is Cc1nn(-c2ccccc2)c(C)c1NC(=O)CSC1CCCC1. The number of nitrogens with one attached hydrogen (secondary N) is 1. The van der Waals surface area contributed by atoms with Gasteiger partial charge in [0.05, 0.1) is 28.5 Å². The fraction of sp³-hybridized carbons (Fsp3) is 0.444. The van der Waals surface area contributed by atoms with E-state index in [2.05, 4.69) is 10.4 Å². The highest BCUT2D eigenvalue weighted by atomic mass is 32.2. The van der Waals surface area contributed by atoms with E-state index in [0.717, 1.165) is 22.8 Å². The molecule has 1 aliphatic carbocycles. The van der Waals surface area contributed by atoms with Gasteiger partial charge in [0.1, 0.15) is 0 Å². The van der Waals surface area contributed by atoms with Crippen LogP contribution in [-0.2, 0) is 4.79 Å². The Morgan fingerprint density at radius 3 is 2.65 bits per heavy atom. The molecule has 0 radical (unpaired) electrons. The lowest BCUT2D eigenvalue weighted by atomic mass is 10.3. The molecule has 0 saturated heterocycles. The summed E-state index contributed by atoms with van der Waals surface area (Å²) in [5.41, 5.74) is 3.67. The monoisotopic (exact) mass is 329 g/mol. The molecule has 4 nitrogen and oxygen atoms in total. The number of amides is 1. The lowest BCUT2D eigenvalue weighted by molar-refractivity contribution is -0.113. The third-order valence-corrected chi connectivity index (χ3v) is 5.68. The maximum Gasteiger partial charge on any atom is 0.234 e. The number of para-hydroxylation sites is 1. The molecule has 3 rings (SSSR count). The van der Waals surface area contributed by atoms with Crippen LogP contribution in [0.4, 0.5) is 5.69 Å². The van der Waals surface area contributed by atoms with Crippen molar-refractivity contribution in [3.8, 4) is 5.69 Å². The summed E-state index contributed by atoms with van der Waals surface area (Å²) >= 11 is 1.79. The molecule has 122 valence electrons. The van der Waals surface area contributed by atoms with Gasteiger partial charge >= 0.3 is 0 Å². The molecule has 1 fully saturated rings. The normalized spacial score (nSPS) is 15.0. The van der Waals surface area contributed by atoms with Crippen LogP contribution in [0.5, 0.6) is 0 Å². The molecular weight excluding hydrogens is 306 g/mol. The Kier molecular flexibility index (Phi) is 5.06.